The van der Waals surface area contributed by atoms with Crippen molar-refractivity contribution in [2.24, 2.45) is 0 Å². The molecule has 0 aliphatic rings. The van der Waals surface area contributed by atoms with Crippen molar-refractivity contribution in [3.8, 4) is 0 Å². The third-order valence-corrected chi connectivity index (χ3v) is 3.76. The van der Waals surface area contributed by atoms with Gasteiger partial charge in [0, 0.05) is 23.8 Å². The van der Waals surface area contributed by atoms with Crippen LogP contribution >= 0.6 is 11.6 Å². The molecule has 0 fully saturated rings. The number of fused-ring (bicyclic) bond motifs is 1. The average Bonchev–Trinajstić information content (AvgIpc) is 3.07. The van der Waals surface area contributed by atoms with Crippen LogP contribution in [0.4, 0.5) is 4.79 Å². The van der Waals surface area contributed by atoms with Gasteiger partial charge in [0.05, 0.1) is 24.5 Å². The van der Waals surface area contributed by atoms with E-state index in [-0.39, 0.29) is 12.6 Å². The zero-order chi connectivity index (χ0) is 16.9. The lowest BCUT2D eigenvalue weighted by molar-refractivity contribution is 0.173. The summed E-state index contributed by atoms with van der Waals surface area (Å²) in [7, 11) is 0. The van der Waals surface area contributed by atoms with Gasteiger partial charge in [0.25, 0.3) is 0 Å². The Labute approximate surface area is 143 Å². The molecule has 2 heterocycles. The first kappa shape index (κ1) is 16.2. The van der Waals surface area contributed by atoms with Crippen LogP contribution in [0.25, 0.3) is 5.65 Å². The smallest absolute Gasteiger partial charge is 0.315 e. The van der Waals surface area contributed by atoms with Gasteiger partial charge < -0.3 is 15.7 Å². The van der Waals surface area contributed by atoms with E-state index in [2.05, 4.69) is 20.7 Å². The third-order valence-electron chi connectivity index (χ3n) is 3.51. The highest BCUT2D eigenvalue weighted by atomic mass is 35.5. The lowest BCUT2D eigenvalue weighted by Crippen LogP contribution is -2.37. The molecule has 0 saturated carbocycles. The molecule has 0 aliphatic heterocycles. The van der Waals surface area contributed by atoms with Gasteiger partial charge in [-0.1, -0.05) is 23.7 Å². The highest BCUT2D eigenvalue weighted by molar-refractivity contribution is 6.30. The molecule has 1 aromatic carbocycles. The van der Waals surface area contributed by atoms with Gasteiger partial charge in [0.1, 0.15) is 0 Å². The quantitative estimate of drug-likeness (QED) is 0.658. The minimum absolute atomic E-state index is 0.0982. The van der Waals surface area contributed by atoms with E-state index < -0.39 is 6.10 Å². The third kappa shape index (κ3) is 3.81. The van der Waals surface area contributed by atoms with Crippen molar-refractivity contribution in [3.05, 3.63) is 65.1 Å². The first-order valence-corrected chi connectivity index (χ1v) is 7.74. The SMILES string of the molecule is O=C(NCc1ccnc2ccnn12)NCC(O)c1ccc(Cl)cc1. The van der Waals surface area contributed by atoms with Crippen molar-refractivity contribution in [2.45, 2.75) is 12.6 Å². The van der Waals surface area contributed by atoms with Gasteiger partial charge in [-0.3, -0.25) is 0 Å². The number of aromatic nitrogens is 3. The van der Waals surface area contributed by atoms with E-state index in [4.69, 9.17) is 11.6 Å². The van der Waals surface area contributed by atoms with Crippen LogP contribution in [0.5, 0.6) is 0 Å². The Balaban J connectivity index is 1.51. The summed E-state index contributed by atoms with van der Waals surface area (Å²) in [5, 5.41) is 20.2. The van der Waals surface area contributed by atoms with Gasteiger partial charge >= 0.3 is 6.03 Å². The first-order valence-electron chi connectivity index (χ1n) is 7.36. The maximum atomic E-state index is 11.9. The molecule has 2 aromatic heterocycles. The molecule has 24 heavy (non-hydrogen) atoms. The van der Waals surface area contributed by atoms with Crippen molar-refractivity contribution in [1.82, 2.24) is 25.2 Å². The van der Waals surface area contributed by atoms with E-state index in [1.165, 1.54) is 0 Å². The van der Waals surface area contributed by atoms with Gasteiger partial charge in [-0.15, -0.1) is 0 Å². The largest absolute Gasteiger partial charge is 0.387 e. The molecule has 3 rings (SSSR count). The summed E-state index contributed by atoms with van der Waals surface area (Å²) >= 11 is 5.80. The number of benzene rings is 1. The minimum Gasteiger partial charge on any atom is -0.387 e. The number of hydrogen-bond acceptors (Lipinski definition) is 4. The number of carbonyl (C=O) groups excluding carboxylic acids is 1. The second-order valence-corrected chi connectivity index (χ2v) is 5.60. The Hall–Kier alpha value is -2.64. The maximum Gasteiger partial charge on any atom is 0.315 e. The molecule has 0 spiro atoms. The molecule has 0 bridgehead atoms. The number of hydrogen-bond donors (Lipinski definition) is 3. The summed E-state index contributed by atoms with van der Waals surface area (Å²) in [6, 6.07) is 10.0. The van der Waals surface area contributed by atoms with E-state index in [0.717, 1.165) is 5.69 Å². The average molecular weight is 346 g/mol. The van der Waals surface area contributed by atoms with E-state index in [1.54, 1.807) is 53.3 Å². The Morgan fingerprint density at radius 2 is 1.96 bits per heavy atom. The summed E-state index contributed by atoms with van der Waals surface area (Å²) in [4.78, 5) is 16.0. The van der Waals surface area contributed by atoms with Crippen LogP contribution < -0.4 is 10.6 Å². The standard InChI is InChI=1S/C16H16ClN5O2/c17-12-3-1-11(2-4-12)14(23)10-20-16(24)19-9-13-5-7-18-15-6-8-21-22(13)15/h1-8,14,23H,9-10H2,(H2,19,20,24). The monoisotopic (exact) mass is 345 g/mol. The number of aliphatic hydroxyl groups excluding tert-OH is 1. The van der Waals surface area contributed by atoms with Crippen molar-refractivity contribution in [2.75, 3.05) is 6.54 Å². The number of carbonyl (C=O) groups is 1. The first-order chi connectivity index (χ1) is 11.6. The predicted octanol–water partition coefficient (Wildman–Crippen LogP) is 1.92. The highest BCUT2D eigenvalue weighted by Gasteiger charge is 2.10. The second-order valence-electron chi connectivity index (χ2n) is 5.17. The van der Waals surface area contributed by atoms with Gasteiger partial charge in [-0.25, -0.2) is 14.3 Å². The van der Waals surface area contributed by atoms with E-state index in [9.17, 15) is 9.90 Å². The Bertz CT molecular complexity index is 834. The molecule has 8 heteroatoms. The van der Waals surface area contributed by atoms with Crippen LogP contribution in [0.3, 0.4) is 0 Å². The van der Waals surface area contributed by atoms with E-state index in [1.807, 2.05) is 0 Å². The van der Waals surface area contributed by atoms with Crippen molar-refractivity contribution in [1.29, 1.82) is 0 Å². The normalized spacial score (nSPS) is 12.1. The van der Waals surface area contributed by atoms with Crippen molar-refractivity contribution in [3.63, 3.8) is 0 Å². The van der Waals surface area contributed by atoms with Crippen molar-refractivity contribution >= 4 is 23.3 Å². The lowest BCUT2D eigenvalue weighted by Gasteiger charge is -2.13. The molecule has 2 amide bonds. The molecular formula is C16H16ClN5O2. The predicted molar refractivity (Wildman–Crippen MR) is 89.6 cm³/mol. The second kappa shape index (κ2) is 7.29. The maximum absolute atomic E-state index is 11.9. The number of rotatable bonds is 5. The fourth-order valence-electron chi connectivity index (χ4n) is 2.25. The summed E-state index contributed by atoms with van der Waals surface area (Å²) in [5.41, 5.74) is 2.21. The van der Waals surface area contributed by atoms with Crippen LogP contribution in [0, 0.1) is 0 Å². The molecular weight excluding hydrogens is 330 g/mol. The van der Waals surface area contributed by atoms with Crippen LogP contribution in [0.2, 0.25) is 5.02 Å². The highest BCUT2D eigenvalue weighted by Crippen LogP contribution is 2.15. The van der Waals surface area contributed by atoms with Gasteiger partial charge in [0.15, 0.2) is 5.65 Å². The summed E-state index contributed by atoms with van der Waals surface area (Å²) in [5.74, 6) is 0. The molecule has 124 valence electrons. The molecule has 7 nitrogen and oxygen atoms in total. The van der Waals surface area contributed by atoms with E-state index in [0.29, 0.717) is 22.8 Å². The fourth-order valence-corrected chi connectivity index (χ4v) is 2.37. The minimum atomic E-state index is -0.799. The fraction of sp³-hybridized carbons (Fsp3) is 0.188. The van der Waals surface area contributed by atoms with Crippen LogP contribution in [-0.4, -0.2) is 32.3 Å². The van der Waals surface area contributed by atoms with E-state index >= 15 is 0 Å². The lowest BCUT2D eigenvalue weighted by atomic mass is 10.1. The number of aliphatic hydroxyl groups is 1. The number of halogens is 1. The Morgan fingerprint density at radius 1 is 1.17 bits per heavy atom. The number of nitrogens with one attached hydrogen (secondary N) is 2. The zero-order valence-corrected chi connectivity index (χ0v) is 13.4. The number of amides is 2. The molecule has 1 atom stereocenters. The molecule has 0 saturated heterocycles. The topological polar surface area (TPSA) is 91.6 Å². The van der Waals surface area contributed by atoms with Gasteiger partial charge in [0.2, 0.25) is 0 Å². The van der Waals surface area contributed by atoms with Gasteiger partial charge in [-0.2, -0.15) is 5.10 Å². The molecule has 1 unspecified atom stereocenters. The summed E-state index contributed by atoms with van der Waals surface area (Å²) in [6.45, 7) is 0.393. The van der Waals surface area contributed by atoms with Crippen molar-refractivity contribution < 1.29 is 9.90 Å². The van der Waals surface area contributed by atoms with Crippen LogP contribution in [0.1, 0.15) is 17.4 Å². The molecule has 3 N–H and O–H groups in total. The van der Waals surface area contributed by atoms with Crippen LogP contribution in [-0.2, 0) is 6.54 Å². The van der Waals surface area contributed by atoms with Gasteiger partial charge in [-0.05, 0) is 23.8 Å². The number of nitrogens with zero attached hydrogens (tertiary/aromatic N) is 3. The molecule has 0 radical (unpaired) electrons. The number of urea groups is 1. The summed E-state index contributed by atoms with van der Waals surface area (Å²) in [6.07, 6.45) is 2.51. The Kier molecular flexibility index (Phi) is 4.93. The van der Waals surface area contributed by atoms with Crippen LogP contribution in [0.15, 0.2) is 48.8 Å². The zero-order valence-electron chi connectivity index (χ0n) is 12.7. The molecule has 3 aromatic rings. The Morgan fingerprint density at radius 3 is 2.75 bits per heavy atom. The summed E-state index contributed by atoms with van der Waals surface area (Å²) < 4.78 is 1.66. The molecule has 0 aliphatic carbocycles.